The van der Waals surface area contributed by atoms with Crippen molar-refractivity contribution in [3.8, 4) is 11.5 Å². The van der Waals surface area contributed by atoms with Gasteiger partial charge in [-0.05, 0) is 18.2 Å². The lowest BCUT2D eigenvalue weighted by atomic mass is 10.2. The van der Waals surface area contributed by atoms with Crippen LogP contribution in [0.4, 0.5) is 0 Å². The Morgan fingerprint density at radius 2 is 2.25 bits per heavy atom. The average molecular weight is 294 g/mol. The highest BCUT2D eigenvalue weighted by molar-refractivity contribution is 6.32. The average Bonchev–Trinajstić information content (AvgIpc) is 2.46. The third-order valence-corrected chi connectivity index (χ3v) is 2.86. The van der Waals surface area contributed by atoms with Crippen molar-refractivity contribution in [3.63, 3.8) is 0 Å². The van der Waals surface area contributed by atoms with E-state index < -0.39 is 5.97 Å². The molecular weight excluding hydrogens is 282 g/mol. The Kier molecular flexibility index (Phi) is 4.42. The van der Waals surface area contributed by atoms with Crippen LogP contribution in [0.25, 0.3) is 0 Å². The van der Waals surface area contributed by atoms with E-state index in [1.807, 2.05) is 6.07 Å². The first kappa shape index (κ1) is 14.1. The quantitative estimate of drug-likeness (QED) is 0.917. The van der Waals surface area contributed by atoms with Crippen molar-refractivity contribution in [2.24, 2.45) is 0 Å². The molecule has 0 unspecified atom stereocenters. The van der Waals surface area contributed by atoms with Crippen LogP contribution < -0.4 is 9.47 Å². The van der Waals surface area contributed by atoms with Crippen LogP contribution in [-0.4, -0.2) is 23.2 Å². The predicted molar refractivity (Wildman–Crippen MR) is 73.5 cm³/mol. The summed E-state index contributed by atoms with van der Waals surface area (Å²) < 4.78 is 10.7. The second-order valence-electron chi connectivity index (χ2n) is 3.94. The molecule has 0 radical (unpaired) electrons. The van der Waals surface area contributed by atoms with Gasteiger partial charge in [-0.2, -0.15) is 0 Å². The SMILES string of the molecule is COc1cc(C(=O)O)cc(Cl)c1OCc1cccnc1. The summed E-state index contributed by atoms with van der Waals surface area (Å²) in [5.41, 5.74) is 0.911. The number of benzene rings is 1. The maximum atomic E-state index is 10.9. The lowest BCUT2D eigenvalue weighted by Crippen LogP contribution is -2.02. The molecule has 1 N–H and O–H groups in total. The smallest absolute Gasteiger partial charge is 0.335 e. The minimum absolute atomic E-state index is 0.0422. The molecule has 0 aliphatic rings. The van der Waals surface area contributed by atoms with Crippen molar-refractivity contribution < 1.29 is 19.4 Å². The van der Waals surface area contributed by atoms with Gasteiger partial charge in [0.25, 0.3) is 0 Å². The molecule has 2 aromatic rings. The van der Waals surface area contributed by atoms with Crippen LogP contribution >= 0.6 is 11.6 Å². The molecule has 0 spiro atoms. The van der Waals surface area contributed by atoms with Crippen LogP contribution in [0.1, 0.15) is 15.9 Å². The van der Waals surface area contributed by atoms with Gasteiger partial charge in [-0.1, -0.05) is 17.7 Å². The number of nitrogens with zero attached hydrogens (tertiary/aromatic N) is 1. The fourth-order valence-corrected chi connectivity index (χ4v) is 1.89. The molecule has 20 heavy (non-hydrogen) atoms. The van der Waals surface area contributed by atoms with Crippen LogP contribution in [0, 0.1) is 0 Å². The molecule has 0 amide bonds. The molecule has 1 heterocycles. The van der Waals surface area contributed by atoms with Crippen molar-refractivity contribution >= 4 is 17.6 Å². The van der Waals surface area contributed by atoms with Gasteiger partial charge in [0.05, 0.1) is 17.7 Å². The van der Waals surface area contributed by atoms with Crippen molar-refractivity contribution in [3.05, 3.63) is 52.8 Å². The number of rotatable bonds is 5. The molecule has 0 atom stereocenters. The number of hydrogen-bond donors (Lipinski definition) is 1. The van der Waals surface area contributed by atoms with E-state index >= 15 is 0 Å². The lowest BCUT2D eigenvalue weighted by molar-refractivity contribution is 0.0696. The molecule has 104 valence electrons. The second-order valence-corrected chi connectivity index (χ2v) is 4.35. The van der Waals surface area contributed by atoms with Crippen molar-refractivity contribution in [2.45, 2.75) is 6.61 Å². The van der Waals surface area contributed by atoms with Gasteiger partial charge in [-0.15, -0.1) is 0 Å². The molecule has 0 bridgehead atoms. The van der Waals surface area contributed by atoms with Crippen LogP contribution in [0.15, 0.2) is 36.7 Å². The van der Waals surface area contributed by atoms with Gasteiger partial charge >= 0.3 is 5.97 Å². The summed E-state index contributed by atoms with van der Waals surface area (Å²) in [5.74, 6) is -0.495. The van der Waals surface area contributed by atoms with Gasteiger partial charge < -0.3 is 14.6 Å². The van der Waals surface area contributed by atoms with Crippen molar-refractivity contribution in [1.29, 1.82) is 0 Å². The predicted octanol–water partition coefficient (Wildman–Crippen LogP) is 3.02. The Bertz CT molecular complexity index is 616. The second kappa shape index (κ2) is 6.25. The number of pyridine rings is 1. The molecule has 0 fully saturated rings. The number of ether oxygens (including phenoxy) is 2. The normalized spacial score (nSPS) is 10.1. The Labute approximate surface area is 120 Å². The van der Waals surface area contributed by atoms with E-state index in [4.69, 9.17) is 26.2 Å². The number of carbonyl (C=O) groups is 1. The maximum absolute atomic E-state index is 10.9. The minimum atomic E-state index is -1.08. The first-order chi connectivity index (χ1) is 9.61. The topological polar surface area (TPSA) is 68.7 Å². The van der Waals surface area contributed by atoms with E-state index in [0.717, 1.165) is 5.56 Å². The Morgan fingerprint density at radius 1 is 1.45 bits per heavy atom. The minimum Gasteiger partial charge on any atom is -0.493 e. The van der Waals surface area contributed by atoms with Gasteiger partial charge in [0.1, 0.15) is 6.61 Å². The Balaban J connectivity index is 2.25. The Hall–Kier alpha value is -2.27. The number of methoxy groups -OCH3 is 1. The highest BCUT2D eigenvalue weighted by Crippen LogP contribution is 2.36. The maximum Gasteiger partial charge on any atom is 0.335 e. The van der Waals surface area contributed by atoms with Crippen molar-refractivity contribution in [2.75, 3.05) is 7.11 Å². The van der Waals surface area contributed by atoms with Gasteiger partial charge in [0, 0.05) is 18.0 Å². The largest absolute Gasteiger partial charge is 0.493 e. The summed E-state index contributed by atoms with van der Waals surface area (Å²) in [6.07, 6.45) is 3.34. The van der Waals surface area contributed by atoms with Gasteiger partial charge in [0.2, 0.25) is 0 Å². The number of hydrogen-bond acceptors (Lipinski definition) is 4. The number of halogens is 1. The zero-order chi connectivity index (χ0) is 14.5. The molecule has 2 rings (SSSR count). The Morgan fingerprint density at radius 3 is 2.85 bits per heavy atom. The van der Waals surface area contributed by atoms with Crippen molar-refractivity contribution in [1.82, 2.24) is 4.98 Å². The van der Waals surface area contributed by atoms with Crippen LogP contribution in [0.3, 0.4) is 0 Å². The van der Waals surface area contributed by atoms with Crippen LogP contribution in [0.5, 0.6) is 11.5 Å². The standard InChI is InChI=1S/C14H12ClNO4/c1-19-12-6-10(14(17)18)5-11(15)13(12)20-8-9-3-2-4-16-7-9/h2-7H,8H2,1H3,(H,17,18). The highest BCUT2D eigenvalue weighted by atomic mass is 35.5. The summed E-state index contributed by atoms with van der Waals surface area (Å²) in [5, 5.41) is 9.15. The molecular formula is C14H12ClNO4. The summed E-state index contributed by atoms with van der Waals surface area (Å²) >= 11 is 6.04. The highest BCUT2D eigenvalue weighted by Gasteiger charge is 2.15. The number of aromatic carboxylic acids is 1. The molecule has 1 aromatic heterocycles. The first-order valence-electron chi connectivity index (χ1n) is 5.74. The zero-order valence-electron chi connectivity index (χ0n) is 10.7. The van der Waals surface area contributed by atoms with E-state index in [1.165, 1.54) is 19.2 Å². The van der Waals surface area contributed by atoms with Gasteiger partial charge in [-0.3, -0.25) is 4.98 Å². The fourth-order valence-electron chi connectivity index (χ4n) is 1.62. The number of carboxylic acids is 1. The third kappa shape index (κ3) is 3.19. The molecule has 0 saturated heterocycles. The van der Waals surface area contributed by atoms with E-state index in [0.29, 0.717) is 5.75 Å². The van der Waals surface area contributed by atoms with Crippen LogP contribution in [-0.2, 0) is 6.61 Å². The summed E-state index contributed by atoms with van der Waals surface area (Å²) in [6, 6.07) is 6.35. The van der Waals surface area contributed by atoms with E-state index in [2.05, 4.69) is 4.98 Å². The molecule has 5 nitrogen and oxygen atoms in total. The number of aromatic nitrogens is 1. The lowest BCUT2D eigenvalue weighted by Gasteiger charge is -2.13. The summed E-state index contributed by atoms with van der Waals surface area (Å²) in [4.78, 5) is 14.9. The van der Waals surface area contributed by atoms with Crippen LogP contribution in [0.2, 0.25) is 5.02 Å². The molecule has 1 aromatic carbocycles. The summed E-state index contributed by atoms with van der Waals surface area (Å²) in [7, 11) is 1.42. The monoisotopic (exact) mass is 293 g/mol. The van der Waals surface area contributed by atoms with Gasteiger partial charge in [-0.25, -0.2) is 4.79 Å². The van der Waals surface area contributed by atoms with E-state index in [-0.39, 0.29) is 22.9 Å². The molecule has 6 heteroatoms. The van der Waals surface area contributed by atoms with E-state index in [1.54, 1.807) is 18.5 Å². The van der Waals surface area contributed by atoms with Gasteiger partial charge in [0.15, 0.2) is 11.5 Å². The molecule has 0 aliphatic heterocycles. The third-order valence-electron chi connectivity index (χ3n) is 2.58. The van der Waals surface area contributed by atoms with E-state index in [9.17, 15) is 4.79 Å². The zero-order valence-corrected chi connectivity index (χ0v) is 11.4. The number of carboxylic acid groups (broad SMARTS) is 1. The molecule has 0 saturated carbocycles. The molecule has 0 aliphatic carbocycles. The fraction of sp³-hybridized carbons (Fsp3) is 0.143. The summed E-state index contributed by atoms with van der Waals surface area (Å²) in [6.45, 7) is 0.260. The first-order valence-corrected chi connectivity index (χ1v) is 6.12.